The fourth-order valence-corrected chi connectivity index (χ4v) is 10.7. The summed E-state index contributed by atoms with van der Waals surface area (Å²) in [5, 5.41) is 9.06. The van der Waals surface area contributed by atoms with E-state index in [0.717, 1.165) is 52.1 Å². The number of nitrogens with zero attached hydrogens (tertiary/aromatic N) is 6. The van der Waals surface area contributed by atoms with Gasteiger partial charge in [-0.1, -0.05) is 133 Å². The van der Waals surface area contributed by atoms with Gasteiger partial charge in [-0.15, -0.1) is 0 Å². The average molecular weight is 1350 g/mol. The molecule has 0 bridgehead atoms. The van der Waals surface area contributed by atoms with Crippen molar-refractivity contribution in [2.24, 2.45) is 29.2 Å². The molecule has 0 aliphatic carbocycles. The lowest BCUT2D eigenvalue weighted by atomic mass is 9.94. The molecule has 3 aromatic carbocycles. The molecule has 0 aliphatic heterocycles. The number of hydrogen-bond donors (Lipinski definition) is 3. The number of carboxylic acid groups (broad SMARTS) is 1. The van der Waals surface area contributed by atoms with Gasteiger partial charge in [-0.05, 0) is 97.2 Å². The van der Waals surface area contributed by atoms with Gasteiger partial charge in [-0.25, -0.2) is 29.3 Å². The van der Waals surface area contributed by atoms with E-state index in [1.165, 1.54) is 31.0 Å². The van der Waals surface area contributed by atoms with Crippen molar-refractivity contribution in [1.82, 2.24) is 28.2 Å². The van der Waals surface area contributed by atoms with Crippen molar-refractivity contribution in [3.05, 3.63) is 194 Å². The van der Waals surface area contributed by atoms with Gasteiger partial charge in [-0.2, -0.15) is 0 Å². The number of hydrogen-bond acceptors (Lipinski definition) is 15. The number of aromatic nitrogens is 6. The van der Waals surface area contributed by atoms with E-state index >= 15 is 0 Å². The van der Waals surface area contributed by atoms with Gasteiger partial charge in [0.05, 0.1) is 42.4 Å². The zero-order chi connectivity index (χ0) is 65.5. The fraction of sp³-hybridized carbons (Fsp3) is 0.333. The second-order valence-corrected chi connectivity index (χ2v) is 23.1. The number of methoxy groups -OCH3 is 2. The highest BCUT2D eigenvalue weighted by atomic mass is 127. The third-order valence-electron chi connectivity index (χ3n) is 14.3. The third kappa shape index (κ3) is 18.1. The van der Waals surface area contributed by atoms with E-state index in [4.69, 9.17) is 30.8 Å². The van der Waals surface area contributed by atoms with Crippen LogP contribution in [0.1, 0.15) is 130 Å². The Balaban J connectivity index is 0.000000217. The number of Topliss-reactive ketones (excluding diaryl/α,β-unsaturated/α-hetero) is 2. The Bertz CT molecular complexity index is 4080. The van der Waals surface area contributed by atoms with Gasteiger partial charge in [-0.3, -0.25) is 19.2 Å². The first-order valence-electron chi connectivity index (χ1n) is 29.5. The molecule has 6 aromatic heterocycles. The van der Waals surface area contributed by atoms with E-state index in [-0.39, 0.29) is 77.4 Å². The Labute approximate surface area is 545 Å². The quantitative estimate of drug-likeness (QED) is 0.0248. The van der Waals surface area contributed by atoms with Crippen LogP contribution in [-0.2, 0) is 72.0 Å². The third-order valence-corrected chi connectivity index (χ3v) is 14.3. The van der Waals surface area contributed by atoms with Crippen LogP contribution in [0.5, 0.6) is 17.6 Å². The number of ether oxygens (including phenoxy) is 5. The van der Waals surface area contributed by atoms with Crippen molar-refractivity contribution >= 4 is 57.8 Å². The number of amides is 2. The van der Waals surface area contributed by atoms with Crippen LogP contribution < -0.4 is 49.7 Å². The number of carbonyl (C=O) groups excluding carboxylic acids is 6. The second-order valence-electron chi connectivity index (χ2n) is 23.1. The highest BCUT2D eigenvalue weighted by Gasteiger charge is 2.32. The number of halogens is 1. The summed E-state index contributed by atoms with van der Waals surface area (Å²) in [5.74, 6) is -4.56. The Hall–Kier alpha value is -9.45. The molecule has 2 amide bonds. The molecule has 0 saturated carbocycles. The van der Waals surface area contributed by atoms with Crippen molar-refractivity contribution in [1.29, 1.82) is 0 Å². The SMILES string of the molecule is COC(=O)COc1nc(C)cn2c(Cc3ccccc3)c(CC(C)C)c(C(=O)C(N)=O)c12.COC(=O)COc1nc(C)cn2c(Cc3ccccc3)c(CC(C)C)cc12.Cc1cn2c(Cc3ccccc3)c(CC(C)C)c(C(=O)C(N)=O)c2c(OCC(=O)O)n1.[I-]. The fourth-order valence-electron chi connectivity index (χ4n) is 10.7. The maximum Gasteiger partial charge on any atom is 0.343 e. The standard InChI is InChI=1S/C24H27N3O5.C23H25N3O5.C22H26N2O3.HI/c1-14(2)10-17-18(11-16-8-6-5-7-9-16)27-12-15(3)26-24(32-13-19(28)31-4)21(27)20(17)22(29)23(25)30;1-13(2)9-16-17(10-15-7-5-4-6-8-15)26-11-14(3)25-23(31-12-18(27)28)20(26)19(16)21(29)22(24)30;1-15(2)10-18-12-20-22(27-14-21(25)26-4)23-16(3)13-24(20)19(18)11-17-8-6-5-7-9-17;/h5-9,12,14H,10-11,13H2,1-4H3,(H2,25,30);4-8,11,13H,9-10,12H2,1-3H3,(H2,24,30)(H,27,28);5-9,12-13,15H,10-11,14H2,1-4H3;1H/p-1. The van der Waals surface area contributed by atoms with E-state index in [1.54, 1.807) is 30.6 Å². The molecule has 0 atom stereocenters. The summed E-state index contributed by atoms with van der Waals surface area (Å²) >= 11 is 0. The van der Waals surface area contributed by atoms with Crippen LogP contribution >= 0.6 is 0 Å². The monoisotopic (exact) mass is 1350 g/mol. The summed E-state index contributed by atoms with van der Waals surface area (Å²) < 4.78 is 31.8. The van der Waals surface area contributed by atoms with Gasteiger partial charge < -0.3 is 77.4 Å². The van der Waals surface area contributed by atoms with Gasteiger partial charge in [0.25, 0.3) is 23.4 Å². The van der Waals surface area contributed by atoms with Crippen molar-refractivity contribution in [3.8, 4) is 17.6 Å². The minimum Gasteiger partial charge on any atom is -1.00 e. The summed E-state index contributed by atoms with van der Waals surface area (Å²) in [5.41, 5.74) is 23.5. The highest BCUT2D eigenvalue weighted by Crippen LogP contribution is 2.36. The lowest BCUT2D eigenvalue weighted by molar-refractivity contribution is -0.143. The number of benzene rings is 3. The number of aryl methyl sites for hydroxylation is 3. The molecule has 22 heteroatoms. The van der Waals surface area contributed by atoms with Crippen LogP contribution in [-0.4, -0.2) is 109 Å². The molecule has 480 valence electrons. The minimum atomic E-state index is -1.18. The lowest BCUT2D eigenvalue weighted by Crippen LogP contribution is -3.00. The summed E-state index contributed by atoms with van der Waals surface area (Å²) in [6.45, 7) is 16.8. The number of carboxylic acids is 1. The molecule has 0 radical (unpaired) electrons. The average Bonchev–Trinajstić information content (AvgIpc) is 1.61. The first-order valence-corrected chi connectivity index (χ1v) is 29.5. The second kappa shape index (κ2) is 32.3. The summed E-state index contributed by atoms with van der Waals surface area (Å²) in [6, 6.07) is 32.1. The lowest BCUT2D eigenvalue weighted by Gasteiger charge is -2.11. The van der Waals surface area contributed by atoms with Crippen LogP contribution in [0.4, 0.5) is 0 Å². The van der Waals surface area contributed by atoms with E-state index in [0.29, 0.717) is 59.9 Å². The number of rotatable bonds is 25. The highest BCUT2D eigenvalue weighted by molar-refractivity contribution is 6.45. The van der Waals surface area contributed by atoms with E-state index in [1.807, 2.05) is 112 Å². The van der Waals surface area contributed by atoms with E-state index in [9.17, 15) is 33.6 Å². The molecule has 0 unspecified atom stereocenters. The van der Waals surface area contributed by atoms with Crippen molar-refractivity contribution in [3.63, 3.8) is 0 Å². The van der Waals surface area contributed by atoms with Gasteiger partial charge in [0.2, 0.25) is 17.6 Å². The Morgan fingerprint density at radius 2 is 0.824 bits per heavy atom. The van der Waals surface area contributed by atoms with E-state index in [2.05, 4.69) is 73.0 Å². The summed E-state index contributed by atoms with van der Waals surface area (Å²) in [4.78, 5) is 97.2. The van der Waals surface area contributed by atoms with Gasteiger partial charge in [0, 0.05) is 54.9 Å². The predicted molar refractivity (Wildman–Crippen MR) is 338 cm³/mol. The predicted octanol–water partition coefficient (Wildman–Crippen LogP) is 6.20. The maximum absolute atomic E-state index is 13.0. The molecule has 91 heavy (non-hydrogen) atoms. The number of ketones is 2. The molecule has 0 aliphatic rings. The Morgan fingerprint density at radius 1 is 0.484 bits per heavy atom. The van der Waals surface area contributed by atoms with Crippen LogP contribution in [0, 0.1) is 38.5 Å². The topological polar surface area (TPSA) is 290 Å². The zero-order valence-corrected chi connectivity index (χ0v) is 55.3. The maximum atomic E-state index is 13.0. The molecular formula is C69H78IN8O13-. The first kappa shape index (κ1) is 70.6. The molecule has 21 nitrogen and oxygen atoms in total. The molecule has 0 fully saturated rings. The molecule has 9 rings (SSSR count). The molecular weight excluding hydrogens is 1280 g/mol. The summed E-state index contributed by atoms with van der Waals surface area (Å²) in [6.07, 6.45) is 9.47. The largest absolute Gasteiger partial charge is 1.00 e. The molecule has 0 saturated heterocycles. The molecule has 9 aromatic rings. The number of nitrogens with two attached hydrogens (primary N) is 2. The number of fused-ring (bicyclic) bond motifs is 3. The summed E-state index contributed by atoms with van der Waals surface area (Å²) in [7, 11) is 2.60. The number of carbonyl (C=O) groups is 7. The normalized spacial score (nSPS) is 11.0. The van der Waals surface area contributed by atoms with Crippen LogP contribution in [0.15, 0.2) is 116 Å². The smallest absolute Gasteiger partial charge is 0.343 e. The van der Waals surface area contributed by atoms with Crippen molar-refractivity contribution in [2.45, 2.75) is 101 Å². The van der Waals surface area contributed by atoms with E-state index < -0.39 is 47.9 Å². The molecule has 5 N–H and O–H groups in total. The molecule has 6 heterocycles. The molecule has 0 spiro atoms. The first-order chi connectivity index (χ1) is 42.9. The van der Waals surface area contributed by atoms with Gasteiger partial charge >= 0.3 is 17.9 Å². The van der Waals surface area contributed by atoms with Crippen LogP contribution in [0.3, 0.4) is 0 Å². The van der Waals surface area contributed by atoms with Gasteiger partial charge in [0.15, 0.2) is 19.8 Å². The Kier molecular flexibility index (Phi) is 25.1. The van der Waals surface area contributed by atoms with Gasteiger partial charge in [0.1, 0.15) is 16.6 Å². The number of aliphatic carboxylic acids is 1. The van der Waals surface area contributed by atoms with Crippen molar-refractivity contribution in [2.75, 3.05) is 34.0 Å². The number of primary amides is 2. The van der Waals surface area contributed by atoms with Crippen LogP contribution in [0.2, 0.25) is 0 Å². The zero-order valence-electron chi connectivity index (χ0n) is 53.1. The number of esters is 2. The van der Waals surface area contributed by atoms with Crippen LogP contribution in [0.25, 0.3) is 16.6 Å². The van der Waals surface area contributed by atoms with Crippen molar-refractivity contribution < 1.29 is 86.3 Å². The Morgan fingerprint density at radius 3 is 1.18 bits per heavy atom. The minimum absolute atomic E-state index is 0.